The molecule has 0 radical (unpaired) electrons. The van der Waals surface area contributed by atoms with Crippen LogP contribution in [0.5, 0.6) is 0 Å². The zero-order valence-corrected chi connectivity index (χ0v) is 20.6. The minimum atomic E-state index is -0.214. The third kappa shape index (κ3) is 8.37. The molecule has 1 atom stereocenters. The maximum absolute atomic E-state index is 11.9. The van der Waals surface area contributed by atoms with Crippen LogP contribution in [0, 0.1) is 0 Å². The third-order valence-electron chi connectivity index (χ3n) is 4.85. The normalized spacial score (nSPS) is 10.9. The largest absolute Gasteiger partial charge is 0.454 e. The SMILES string of the molecule is NC(=O)PCc1ccccc1.NCCCCCC(=O)Nc1nc(-c2cc3ccccc3o2)cs1. The van der Waals surface area contributed by atoms with Gasteiger partial charge in [0.05, 0.1) is 0 Å². The first-order valence-corrected chi connectivity index (χ1v) is 13.2. The van der Waals surface area contributed by atoms with Crippen LogP contribution >= 0.6 is 19.9 Å². The number of hydrogen-bond donors (Lipinski definition) is 3. The van der Waals surface area contributed by atoms with E-state index in [0.717, 1.165) is 42.1 Å². The Morgan fingerprint density at radius 3 is 2.53 bits per heavy atom. The Morgan fingerprint density at radius 1 is 1.03 bits per heavy atom. The number of unbranched alkanes of at least 4 members (excludes halogenated alkanes) is 2. The molecule has 5 N–H and O–H groups in total. The van der Waals surface area contributed by atoms with Crippen molar-refractivity contribution in [3.8, 4) is 11.5 Å². The summed E-state index contributed by atoms with van der Waals surface area (Å²) in [5.74, 6) is 0.707. The summed E-state index contributed by atoms with van der Waals surface area (Å²) >= 11 is 1.40. The highest BCUT2D eigenvalue weighted by Crippen LogP contribution is 2.30. The molecule has 4 rings (SSSR count). The highest BCUT2D eigenvalue weighted by molar-refractivity contribution is 7.56. The van der Waals surface area contributed by atoms with E-state index in [-0.39, 0.29) is 20.1 Å². The summed E-state index contributed by atoms with van der Waals surface area (Å²) in [6.45, 7) is 0.676. The molecule has 2 amide bonds. The van der Waals surface area contributed by atoms with Crippen LogP contribution in [-0.2, 0) is 11.0 Å². The summed E-state index contributed by atoms with van der Waals surface area (Å²) in [6, 6.07) is 19.7. The van der Waals surface area contributed by atoms with Crippen molar-refractivity contribution in [3.63, 3.8) is 0 Å². The van der Waals surface area contributed by atoms with E-state index < -0.39 is 0 Å². The van der Waals surface area contributed by atoms with Gasteiger partial charge in [0, 0.05) is 17.2 Å². The van der Waals surface area contributed by atoms with Gasteiger partial charge < -0.3 is 21.2 Å². The molecule has 0 fully saturated rings. The van der Waals surface area contributed by atoms with Crippen molar-refractivity contribution < 1.29 is 14.0 Å². The van der Waals surface area contributed by atoms with Crippen LogP contribution in [0.3, 0.4) is 0 Å². The zero-order chi connectivity index (χ0) is 24.2. The molecule has 0 saturated heterocycles. The number of aromatic nitrogens is 1. The lowest BCUT2D eigenvalue weighted by Gasteiger charge is -2.01. The van der Waals surface area contributed by atoms with Gasteiger partial charge in [0.1, 0.15) is 11.3 Å². The van der Waals surface area contributed by atoms with Crippen molar-refractivity contribution in [2.24, 2.45) is 11.5 Å². The number of furan rings is 1. The van der Waals surface area contributed by atoms with Crippen LogP contribution in [0.25, 0.3) is 22.4 Å². The number of carbonyl (C=O) groups excluding carboxylic acids is 2. The molecule has 0 aliphatic carbocycles. The summed E-state index contributed by atoms with van der Waals surface area (Å²) < 4.78 is 5.78. The third-order valence-corrected chi connectivity index (χ3v) is 6.54. The number of carbonyl (C=O) groups is 2. The Labute approximate surface area is 204 Å². The van der Waals surface area contributed by atoms with E-state index >= 15 is 0 Å². The Bertz CT molecular complexity index is 1160. The predicted octanol–water partition coefficient (Wildman–Crippen LogP) is 5.96. The van der Waals surface area contributed by atoms with Gasteiger partial charge in [-0.1, -0.05) is 55.0 Å². The number of amides is 2. The van der Waals surface area contributed by atoms with Crippen LogP contribution in [0.15, 0.2) is 70.5 Å². The first kappa shape index (κ1) is 25.6. The number of hydrogen-bond acceptors (Lipinski definition) is 6. The maximum Gasteiger partial charge on any atom is 0.235 e. The molecule has 9 heteroatoms. The Morgan fingerprint density at radius 2 is 1.79 bits per heavy atom. The van der Waals surface area contributed by atoms with Crippen molar-refractivity contribution >= 4 is 47.6 Å². The summed E-state index contributed by atoms with van der Waals surface area (Å²) in [4.78, 5) is 26.7. The fraction of sp³-hybridized carbons (Fsp3) is 0.240. The number of nitrogens with two attached hydrogens (primary N) is 2. The highest BCUT2D eigenvalue weighted by atomic mass is 32.1. The molecule has 1 unspecified atom stereocenters. The Balaban J connectivity index is 0.000000248. The van der Waals surface area contributed by atoms with Gasteiger partial charge in [0.15, 0.2) is 10.9 Å². The summed E-state index contributed by atoms with van der Waals surface area (Å²) in [5.41, 5.74) is 13.0. The summed E-state index contributed by atoms with van der Waals surface area (Å²) in [7, 11) is 0.205. The molecule has 0 spiro atoms. The lowest BCUT2D eigenvalue weighted by Crippen LogP contribution is -2.11. The minimum absolute atomic E-state index is 0.00692. The molecule has 2 heterocycles. The monoisotopic (exact) mass is 496 g/mol. The van der Waals surface area contributed by atoms with Crippen LogP contribution in [0.1, 0.15) is 31.2 Å². The summed E-state index contributed by atoms with van der Waals surface area (Å²) in [5, 5.41) is 6.37. The lowest BCUT2D eigenvalue weighted by molar-refractivity contribution is -0.116. The quantitative estimate of drug-likeness (QED) is 0.185. The average Bonchev–Trinajstić information content (AvgIpc) is 3.48. The topological polar surface area (TPSA) is 124 Å². The van der Waals surface area contributed by atoms with E-state index in [1.807, 2.05) is 66.0 Å². The van der Waals surface area contributed by atoms with E-state index in [2.05, 4.69) is 10.3 Å². The molecule has 34 heavy (non-hydrogen) atoms. The van der Waals surface area contributed by atoms with E-state index in [1.165, 1.54) is 16.9 Å². The van der Waals surface area contributed by atoms with Crippen molar-refractivity contribution in [2.45, 2.75) is 31.8 Å². The van der Waals surface area contributed by atoms with Gasteiger partial charge in [-0.05, 0) is 51.8 Å². The number of fused-ring (bicyclic) bond motifs is 1. The molecular weight excluding hydrogens is 467 g/mol. The van der Waals surface area contributed by atoms with Gasteiger partial charge in [-0.25, -0.2) is 4.98 Å². The van der Waals surface area contributed by atoms with Crippen LogP contribution in [0.2, 0.25) is 0 Å². The van der Waals surface area contributed by atoms with Gasteiger partial charge >= 0.3 is 0 Å². The fourth-order valence-electron chi connectivity index (χ4n) is 3.13. The molecule has 4 aromatic rings. The van der Waals surface area contributed by atoms with Gasteiger partial charge in [0.2, 0.25) is 11.6 Å². The van der Waals surface area contributed by atoms with Crippen LogP contribution in [0.4, 0.5) is 9.93 Å². The van der Waals surface area contributed by atoms with E-state index in [4.69, 9.17) is 15.9 Å². The first-order valence-electron chi connectivity index (χ1n) is 11.1. The molecule has 2 aromatic carbocycles. The zero-order valence-electron chi connectivity index (χ0n) is 18.8. The molecule has 0 saturated carbocycles. The van der Waals surface area contributed by atoms with Crippen LogP contribution in [-0.4, -0.2) is 23.1 Å². The van der Waals surface area contributed by atoms with Gasteiger partial charge in [-0.2, -0.15) is 0 Å². The molecular formula is C25H29N4O3PS. The second-order valence-corrected chi connectivity index (χ2v) is 9.60. The minimum Gasteiger partial charge on any atom is -0.454 e. The number of primary amides is 1. The van der Waals surface area contributed by atoms with E-state index in [1.54, 1.807) is 0 Å². The van der Waals surface area contributed by atoms with Crippen molar-refractivity contribution in [1.82, 2.24) is 4.98 Å². The molecule has 0 aliphatic heterocycles. The lowest BCUT2D eigenvalue weighted by atomic mass is 10.2. The Kier molecular flexibility index (Phi) is 10.2. The number of para-hydroxylation sites is 1. The predicted molar refractivity (Wildman–Crippen MR) is 142 cm³/mol. The van der Waals surface area contributed by atoms with Gasteiger partial charge in [-0.15, -0.1) is 11.3 Å². The molecule has 0 bridgehead atoms. The highest BCUT2D eigenvalue weighted by Gasteiger charge is 2.11. The number of benzene rings is 2. The molecule has 0 aliphatic rings. The number of anilines is 1. The second-order valence-electron chi connectivity index (χ2n) is 7.54. The number of thiazole rings is 1. The second kappa shape index (κ2) is 13.6. The van der Waals surface area contributed by atoms with Crippen molar-refractivity contribution in [3.05, 3.63) is 71.6 Å². The van der Waals surface area contributed by atoms with E-state index in [9.17, 15) is 9.59 Å². The standard InChI is InChI=1S/C17H19N3O2S.C8H10NOP/c18-9-5-1-2-8-16(21)20-17-19-13(11-23-17)15-10-12-6-3-4-7-14(12)22-15;9-8(10)11-6-7-4-2-1-3-5-7/h3-4,6-7,10-11H,1-2,5,8-9,18H2,(H,19,20,21);1-5,11H,6H2,(H2,9,10). The fourth-order valence-corrected chi connectivity index (χ4v) is 4.46. The molecule has 2 aromatic heterocycles. The molecule has 7 nitrogen and oxygen atoms in total. The molecule has 178 valence electrons. The number of nitrogens with zero attached hydrogens (tertiary/aromatic N) is 1. The van der Waals surface area contributed by atoms with Gasteiger partial charge in [-0.3, -0.25) is 9.59 Å². The number of nitrogens with one attached hydrogen (secondary N) is 1. The Hall–Kier alpha value is -3.06. The first-order chi connectivity index (χ1) is 16.5. The van der Waals surface area contributed by atoms with Crippen molar-refractivity contribution in [1.29, 1.82) is 0 Å². The van der Waals surface area contributed by atoms with E-state index in [0.29, 0.717) is 23.9 Å². The van der Waals surface area contributed by atoms with Crippen LogP contribution < -0.4 is 16.8 Å². The maximum atomic E-state index is 11.9. The van der Waals surface area contributed by atoms with Crippen molar-refractivity contribution in [2.75, 3.05) is 11.9 Å². The van der Waals surface area contributed by atoms with Gasteiger partial charge in [0.25, 0.3) is 0 Å². The smallest absolute Gasteiger partial charge is 0.235 e. The summed E-state index contributed by atoms with van der Waals surface area (Å²) in [6.07, 6.45) is 4.06. The number of rotatable bonds is 10. The average molecular weight is 497 g/mol.